The van der Waals surface area contributed by atoms with E-state index < -0.39 is 0 Å². The Morgan fingerprint density at radius 3 is 2.69 bits per heavy atom. The van der Waals surface area contributed by atoms with E-state index in [9.17, 15) is 0 Å². The molecule has 180 valence electrons. The van der Waals surface area contributed by atoms with Crippen molar-refractivity contribution >= 4 is 11.5 Å². The zero-order valence-corrected chi connectivity index (χ0v) is 19.7. The lowest BCUT2D eigenvalue weighted by molar-refractivity contribution is 0.481. The molecule has 9 nitrogen and oxygen atoms in total. The summed E-state index contributed by atoms with van der Waals surface area (Å²) in [7, 11) is 0. The van der Waals surface area contributed by atoms with Crippen LogP contribution in [0, 0.1) is 19.7 Å². The van der Waals surface area contributed by atoms with Crippen molar-refractivity contribution in [2.75, 3.05) is 5.32 Å². The molecule has 0 radical (unpaired) electrons. The molecule has 4 heterocycles. The van der Waals surface area contributed by atoms with Gasteiger partial charge in [-0.15, -0.1) is 5.10 Å². The molecule has 4 aromatic heterocycles. The highest BCUT2D eigenvalue weighted by Gasteiger charge is 2.14. The van der Waals surface area contributed by atoms with Crippen LogP contribution in [0.2, 0.25) is 0 Å². The maximum absolute atomic E-state index is 15.2. The number of aromatic amines is 1. The molecule has 10 heteroatoms. The SMILES string of the molecule is Cc1cc(Oc2ccnc(Nc3cccc(CCc4nnn[nH]4)c3F)c2)c(-c2ccccn2)nc1C. The van der Waals surface area contributed by atoms with E-state index in [-0.39, 0.29) is 5.82 Å². The fourth-order valence-electron chi connectivity index (χ4n) is 3.66. The average Bonchev–Trinajstić information content (AvgIpc) is 3.41. The summed E-state index contributed by atoms with van der Waals surface area (Å²) >= 11 is 0. The molecular weight excluding hydrogens is 459 g/mol. The summed E-state index contributed by atoms with van der Waals surface area (Å²) in [6.45, 7) is 3.93. The van der Waals surface area contributed by atoms with Gasteiger partial charge in [-0.2, -0.15) is 0 Å². The van der Waals surface area contributed by atoms with E-state index in [1.165, 1.54) is 0 Å². The molecule has 0 amide bonds. The predicted octanol–water partition coefficient (Wildman–Crippen LogP) is 5.13. The molecule has 5 rings (SSSR count). The number of halogens is 1. The van der Waals surface area contributed by atoms with E-state index >= 15 is 4.39 Å². The van der Waals surface area contributed by atoms with Gasteiger partial charge in [0.1, 0.15) is 28.9 Å². The van der Waals surface area contributed by atoms with Crippen LogP contribution in [0.5, 0.6) is 11.5 Å². The average molecular weight is 483 g/mol. The zero-order valence-electron chi connectivity index (χ0n) is 19.7. The number of aryl methyl sites for hydroxylation is 4. The van der Waals surface area contributed by atoms with E-state index in [2.05, 4.69) is 35.9 Å². The van der Waals surface area contributed by atoms with E-state index in [0.29, 0.717) is 58.6 Å². The Kier molecular flexibility index (Phi) is 6.57. The molecule has 0 atom stereocenters. The van der Waals surface area contributed by atoms with Gasteiger partial charge in [0, 0.05) is 30.6 Å². The summed E-state index contributed by atoms with van der Waals surface area (Å²) in [4.78, 5) is 13.5. The Balaban J connectivity index is 1.37. The molecule has 0 aliphatic heterocycles. The van der Waals surface area contributed by atoms with Crippen LogP contribution in [0.3, 0.4) is 0 Å². The highest BCUT2D eigenvalue weighted by atomic mass is 19.1. The number of hydrogen-bond acceptors (Lipinski definition) is 8. The third kappa shape index (κ3) is 5.17. The standard InChI is InChI=1S/C26H23FN8O/c1-16-14-22(26(30-17(16)2)21-7-3-4-12-28-21)36-19-11-13-29-24(15-19)31-20-8-5-6-18(25(20)27)9-10-23-32-34-35-33-23/h3-8,11-15H,9-10H2,1-2H3,(H,29,31)(H,32,33,34,35). The lowest BCUT2D eigenvalue weighted by Crippen LogP contribution is -2.02. The minimum absolute atomic E-state index is 0.315. The molecule has 0 fully saturated rings. The number of aromatic nitrogens is 7. The van der Waals surface area contributed by atoms with Gasteiger partial charge in [-0.1, -0.05) is 18.2 Å². The number of tetrazole rings is 1. The smallest absolute Gasteiger partial charge is 0.155 e. The quantitative estimate of drug-likeness (QED) is 0.313. The maximum Gasteiger partial charge on any atom is 0.155 e. The van der Waals surface area contributed by atoms with Crippen molar-refractivity contribution in [3.8, 4) is 22.9 Å². The van der Waals surface area contributed by atoms with E-state index in [4.69, 9.17) is 9.72 Å². The van der Waals surface area contributed by atoms with Crippen LogP contribution in [0.15, 0.2) is 67.0 Å². The minimum Gasteiger partial charge on any atom is -0.455 e. The summed E-state index contributed by atoms with van der Waals surface area (Å²) in [6, 6.07) is 16.2. The lowest BCUT2D eigenvalue weighted by atomic mass is 10.1. The van der Waals surface area contributed by atoms with Gasteiger partial charge < -0.3 is 10.1 Å². The third-order valence-corrected chi connectivity index (χ3v) is 5.66. The molecular formula is C26H23FN8O. The molecule has 2 N–H and O–H groups in total. The summed E-state index contributed by atoms with van der Waals surface area (Å²) in [5.74, 6) is 1.80. The van der Waals surface area contributed by atoms with Crippen LogP contribution in [-0.2, 0) is 12.8 Å². The van der Waals surface area contributed by atoms with Crippen LogP contribution in [0.25, 0.3) is 11.4 Å². The maximum atomic E-state index is 15.2. The number of nitrogens with zero attached hydrogens (tertiary/aromatic N) is 6. The Bertz CT molecular complexity index is 1480. The fourth-order valence-corrected chi connectivity index (χ4v) is 3.66. The number of nitrogens with one attached hydrogen (secondary N) is 2. The van der Waals surface area contributed by atoms with Crippen LogP contribution >= 0.6 is 0 Å². The first-order chi connectivity index (χ1) is 17.6. The molecule has 0 saturated carbocycles. The molecule has 0 aliphatic rings. The van der Waals surface area contributed by atoms with Gasteiger partial charge in [0.2, 0.25) is 0 Å². The number of rotatable bonds is 8. The molecule has 0 saturated heterocycles. The Hall–Kier alpha value is -4.73. The Morgan fingerprint density at radius 1 is 0.972 bits per heavy atom. The summed E-state index contributed by atoms with van der Waals surface area (Å²) in [6.07, 6.45) is 4.27. The molecule has 1 aromatic carbocycles. The molecule has 36 heavy (non-hydrogen) atoms. The summed E-state index contributed by atoms with van der Waals surface area (Å²) < 4.78 is 21.4. The number of pyridine rings is 3. The van der Waals surface area contributed by atoms with Crippen molar-refractivity contribution in [1.29, 1.82) is 0 Å². The van der Waals surface area contributed by atoms with Gasteiger partial charge in [-0.25, -0.2) is 19.5 Å². The van der Waals surface area contributed by atoms with Crippen molar-refractivity contribution in [2.24, 2.45) is 0 Å². The fraction of sp³-hybridized carbons (Fsp3) is 0.154. The summed E-state index contributed by atoms with van der Waals surface area (Å²) in [5, 5.41) is 16.7. The van der Waals surface area contributed by atoms with Gasteiger partial charge in [0.15, 0.2) is 5.75 Å². The van der Waals surface area contributed by atoms with Crippen molar-refractivity contribution < 1.29 is 9.13 Å². The zero-order chi connectivity index (χ0) is 24.9. The molecule has 0 spiro atoms. The van der Waals surface area contributed by atoms with Gasteiger partial charge >= 0.3 is 0 Å². The second-order valence-electron chi connectivity index (χ2n) is 8.18. The van der Waals surface area contributed by atoms with Gasteiger partial charge in [-0.05, 0) is 72.2 Å². The number of H-pyrrole nitrogens is 1. The molecule has 0 aliphatic carbocycles. The van der Waals surface area contributed by atoms with Crippen molar-refractivity contribution in [2.45, 2.75) is 26.7 Å². The number of ether oxygens (including phenoxy) is 1. The van der Waals surface area contributed by atoms with E-state index in [1.807, 2.05) is 38.1 Å². The van der Waals surface area contributed by atoms with Crippen LogP contribution < -0.4 is 10.1 Å². The van der Waals surface area contributed by atoms with E-state index in [0.717, 1.165) is 11.3 Å². The highest BCUT2D eigenvalue weighted by Crippen LogP contribution is 2.33. The lowest BCUT2D eigenvalue weighted by Gasteiger charge is -2.14. The second-order valence-corrected chi connectivity index (χ2v) is 8.18. The minimum atomic E-state index is -0.353. The largest absolute Gasteiger partial charge is 0.455 e. The second kappa shape index (κ2) is 10.3. The first-order valence-electron chi connectivity index (χ1n) is 11.4. The van der Waals surface area contributed by atoms with Crippen LogP contribution in [0.1, 0.15) is 22.6 Å². The monoisotopic (exact) mass is 482 g/mol. The van der Waals surface area contributed by atoms with Crippen LogP contribution in [0.4, 0.5) is 15.9 Å². The van der Waals surface area contributed by atoms with E-state index in [1.54, 1.807) is 42.7 Å². The van der Waals surface area contributed by atoms with Gasteiger partial charge in [-0.3, -0.25) is 4.98 Å². The molecule has 0 unspecified atom stereocenters. The highest BCUT2D eigenvalue weighted by molar-refractivity contribution is 5.65. The first-order valence-corrected chi connectivity index (χ1v) is 11.4. The van der Waals surface area contributed by atoms with Crippen molar-refractivity contribution in [3.05, 3.63) is 95.5 Å². The topological polar surface area (TPSA) is 114 Å². The Labute approximate surface area is 206 Å². The molecule has 5 aromatic rings. The van der Waals surface area contributed by atoms with Crippen LogP contribution in [-0.4, -0.2) is 35.6 Å². The normalized spacial score (nSPS) is 10.9. The number of anilines is 2. The van der Waals surface area contributed by atoms with Crippen molar-refractivity contribution in [3.63, 3.8) is 0 Å². The predicted molar refractivity (Wildman–Crippen MR) is 133 cm³/mol. The van der Waals surface area contributed by atoms with Gasteiger partial charge in [0.25, 0.3) is 0 Å². The van der Waals surface area contributed by atoms with Crippen molar-refractivity contribution in [1.82, 2.24) is 35.6 Å². The first kappa shape index (κ1) is 23.0. The third-order valence-electron chi connectivity index (χ3n) is 5.66. The number of hydrogen-bond donors (Lipinski definition) is 2. The Morgan fingerprint density at radius 2 is 1.89 bits per heavy atom. The summed E-state index contributed by atoms with van der Waals surface area (Å²) in [5.41, 5.74) is 4.11. The van der Waals surface area contributed by atoms with Gasteiger partial charge in [0.05, 0.1) is 11.4 Å². The number of benzene rings is 1. The molecule has 0 bridgehead atoms.